The highest BCUT2D eigenvalue weighted by molar-refractivity contribution is 9.10. The van der Waals surface area contributed by atoms with Crippen LogP contribution in [0.4, 0.5) is 5.69 Å². The number of rotatable bonds is 2. The van der Waals surface area contributed by atoms with E-state index in [1.54, 1.807) is 30.4 Å². The van der Waals surface area contributed by atoms with Crippen molar-refractivity contribution in [2.24, 2.45) is 0 Å². The molecule has 1 aromatic carbocycles. The zero-order valence-electron chi connectivity index (χ0n) is 8.88. The van der Waals surface area contributed by atoms with Crippen LogP contribution in [0.15, 0.2) is 64.8 Å². The van der Waals surface area contributed by atoms with E-state index in [2.05, 4.69) is 15.9 Å². The van der Waals surface area contributed by atoms with Crippen LogP contribution in [0.25, 0.3) is 0 Å². The van der Waals surface area contributed by atoms with E-state index >= 15 is 0 Å². The van der Waals surface area contributed by atoms with Crippen LogP contribution >= 0.6 is 15.9 Å². The highest BCUT2D eigenvalue weighted by Crippen LogP contribution is 2.18. The number of hydrogen-bond donors (Lipinski definition) is 1. The molecule has 86 valence electrons. The highest BCUT2D eigenvalue weighted by Gasteiger charge is 2.08. The number of halogens is 1. The molecule has 0 saturated heterocycles. The lowest BCUT2D eigenvalue weighted by Gasteiger charge is -2.13. The number of allylic oxidation sites excluding steroid dienone is 5. The summed E-state index contributed by atoms with van der Waals surface area (Å²) in [6, 6.07) is 7.12. The summed E-state index contributed by atoms with van der Waals surface area (Å²) in [6.07, 6.45) is 7.93. The number of ketones is 1. The molecule has 0 bridgehead atoms. The third-order valence-corrected chi connectivity index (χ3v) is 2.80. The van der Waals surface area contributed by atoms with Crippen LogP contribution < -0.4 is 5.06 Å². The summed E-state index contributed by atoms with van der Waals surface area (Å²) in [5, 5.41) is 10.7. The van der Waals surface area contributed by atoms with Crippen LogP contribution in [0.2, 0.25) is 0 Å². The summed E-state index contributed by atoms with van der Waals surface area (Å²) in [6.45, 7) is 0. The quantitative estimate of drug-likeness (QED) is 0.672. The average molecular weight is 292 g/mol. The van der Waals surface area contributed by atoms with Crippen molar-refractivity contribution in [1.82, 2.24) is 0 Å². The molecular formula is C13H10BrNO2. The van der Waals surface area contributed by atoms with Gasteiger partial charge in [0.2, 0.25) is 0 Å². The molecule has 3 nitrogen and oxygen atoms in total. The van der Waals surface area contributed by atoms with Gasteiger partial charge in [-0.2, -0.15) is 0 Å². The summed E-state index contributed by atoms with van der Waals surface area (Å²) in [5.41, 5.74) is 1.04. The molecule has 0 aliphatic heterocycles. The first-order chi connectivity index (χ1) is 8.16. The molecule has 1 aliphatic rings. The van der Waals surface area contributed by atoms with Crippen molar-refractivity contribution in [2.45, 2.75) is 0 Å². The van der Waals surface area contributed by atoms with E-state index in [0.29, 0.717) is 11.3 Å². The van der Waals surface area contributed by atoms with E-state index in [0.717, 1.165) is 9.54 Å². The molecule has 1 aromatic rings. The molecule has 0 atom stereocenters. The molecule has 0 saturated carbocycles. The highest BCUT2D eigenvalue weighted by atomic mass is 79.9. The van der Waals surface area contributed by atoms with Crippen LogP contribution in [0.1, 0.15) is 0 Å². The summed E-state index contributed by atoms with van der Waals surface area (Å²) in [4.78, 5) is 11.5. The van der Waals surface area contributed by atoms with Gasteiger partial charge in [0.05, 0.1) is 5.69 Å². The molecule has 0 unspecified atom stereocenters. The first kappa shape index (κ1) is 11.8. The van der Waals surface area contributed by atoms with Crippen molar-refractivity contribution >= 4 is 27.4 Å². The number of anilines is 1. The van der Waals surface area contributed by atoms with Gasteiger partial charge in [0, 0.05) is 16.2 Å². The fourth-order valence-electron chi connectivity index (χ4n) is 1.39. The zero-order chi connectivity index (χ0) is 12.3. The summed E-state index contributed by atoms with van der Waals surface area (Å²) in [7, 11) is 0. The van der Waals surface area contributed by atoms with E-state index in [1.807, 2.05) is 12.1 Å². The van der Waals surface area contributed by atoms with Gasteiger partial charge in [0.15, 0.2) is 5.78 Å². The van der Waals surface area contributed by atoms with Gasteiger partial charge in [0.1, 0.15) is 0 Å². The predicted octanol–water partition coefficient (Wildman–Crippen LogP) is 3.22. The lowest BCUT2D eigenvalue weighted by Crippen LogP contribution is -2.12. The van der Waals surface area contributed by atoms with Crippen LogP contribution in [0, 0.1) is 0 Å². The summed E-state index contributed by atoms with van der Waals surface area (Å²) in [5.74, 6) is -0.122. The van der Waals surface area contributed by atoms with Gasteiger partial charge in [-0.05, 0) is 36.4 Å². The summed E-state index contributed by atoms with van der Waals surface area (Å²) >= 11 is 3.31. The minimum atomic E-state index is -0.122. The number of hydroxylamine groups is 1. The Morgan fingerprint density at radius 1 is 1.12 bits per heavy atom. The topological polar surface area (TPSA) is 40.5 Å². The SMILES string of the molecule is O=C1C=CC=C/C1=C\N(O)c1ccc(Br)cc1. The Morgan fingerprint density at radius 2 is 1.76 bits per heavy atom. The first-order valence-electron chi connectivity index (χ1n) is 5.01. The Labute approximate surface area is 107 Å². The van der Waals surface area contributed by atoms with Gasteiger partial charge >= 0.3 is 0 Å². The van der Waals surface area contributed by atoms with Gasteiger partial charge in [0.25, 0.3) is 0 Å². The largest absolute Gasteiger partial charge is 0.289 e. The molecule has 1 aliphatic carbocycles. The smallest absolute Gasteiger partial charge is 0.187 e. The number of carbonyl (C=O) groups is 1. The van der Waals surface area contributed by atoms with Gasteiger partial charge in [-0.3, -0.25) is 10.0 Å². The monoisotopic (exact) mass is 291 g/mol. The zero-order valence-corrected chi connectivity index (χ0v) is 10.5. The molecule has 0 aromatic heterocycles. The van der Waals surface area contributed by atoms with E-state index < -0.39 is 0 Å². The second kappa shape index (κ2) is 5.12. The molecule has 0 amide bonds. The van der Waals surface area contributed by atoms with Crippen molar-refractivity contribution in [3.8, 4) is 0 Å². The van der Waals surface area contributed by atoms with Crippen LogP contribution in [-0.2, 0) is 4.79 Å². The van der Waals surface area contributed by atoms with E-state index in [1.165, 1.54) is 12.3 Å². The minimum absolute atomic E-state index is 0.122. The number of nitrogens with zero attached hydrogens (tertiary/aromatic N) is 1. The Kier molecular flexibility index (Phi) is 3.56. The Bertz CT molecular complexity index is 515. The number of carbonyl (C=O) groups excluding carboxylic acids is 1. The molecule has 2 rings (SSSR count). The minimum Gasteiger partial charge on any atom is -0.289 e. The second-order valence-electron chi connectivity index (χ2n) is 3.49. The molecule has 17 heavy (non-hydrogen) atoms. The molecule has 0 spiro atoms. The third kappa shape index (κ3) is 2.93. The Balaban J connectivity index is 2.21. The van der Waals surface area contributed by atoms with E-state index in [-0.39, 0.29) is 5.78 Å². The fourth-order valence-corrected chi connectivity index (χ4v) is 1.65. The maximum Gasteiger partial charge on any atom is 0.187 e. The predicted molar refractivity (Wildman–Crippen MR) is 69.8 cm³/mol. The van der Waals surface area contributed by atoms with Gasteiger partial charge < -0.3 is 0 Å². The standard InChI is InChI=1S/C13H10BrNO2/c14-11-5-7-12(8-6-11)15(17)9-10-3-1-2-4-13(10)16/h1-9,17H/b10-9+. The van der Waals surface area contributed by atoms with Crippen LogP contribution in [0.3, 0.4) is 0 Å². The Morgan fingerprint density at radius 3 is 2.41 bits per heavy atom. The number of benzene rings is 1. The van der Waals surface area contributed by atoms with Crippen molar-refractivity contribution in [3.63, 3.8) is 0 Å². The second-order valence-corrected chi connectivity index (χ2v) is 4.40. The summed E-state index contributed by atoms with van der Waals surface area (Å²) < 4.78 is 0.930. The molecule has 4 heteroatoms. The van der Waals surface area contributed by atoms with Gasteiger partial charge in [-0.15, -0.1) is 0 Å². The third-order valence-electron chi connectivity index (χ3n) is 2.27. The molecule has 1 N–H and O–H groups in total. The average Bonchev–Trinajstić information content (AvgIpc) is 2.33. The molecular weight excluding hydrogens is 282 g/mol. The van der Waals surface area contributed by atoms with Crippen LogP contribution in [-0.4, -0.2) is 11.0 Å². The molecule has 0 fully saturated rings. The van der Waals surface area contributed by atoms with E-state index in [4.69, 9.17) is 0 Å². The normalized spacial score (nSPS) is 16.6. The van der Waals surface area contributed by atoms with Gasteiger partial charge in [-0.25, -0.2) is 5.06 Å². The van der Waals surface area contributed by atoms with Crippen LogP contribution in [0.5, 0.6) is 0 Å². The lowest BCUT2D eigenvalue weighted by atomic mass is 10.1. The van der Waals surface area contributed by atoms with Crippen molar-refractivity contribution in [2.75, 3.05) is 5.06 Å². The molecule has 0 radical (unpaired) electrons. The van der Waals surface area contributed by atoms with E-state index in [9.17, 15) is 10.0 Å². The lowest BCUT2D eigenvalue weighted by molar-refractivity contribution is -0.111. The maximum atomic E-state index is 11.5. The van der Waals surface area contributed by atoms with Gasteiger partial charge in [-0.1, -0.05) is 28.1 Å². The van der Waals surface area contributed by atoms with Crippen molar-refractivity contribution in [1.29, 1.82) is 0 Å². The maximum absolute atomic E-state index is 11.5. The number of hydrogen-bond acceptors (Lipinski definition) is 3. The van der Waals surface area contributed by atoms with Crippen molar-refractivity contribution < 1.29 is 10.0 Å². The van der Waals surface area contributed by atoms with Crippen molar-refractivity contribution in [3.05, 3.63) is 64.8 Å². The molecule has 0 heterocycles. The Hall–Kier alpha value is -1.65. The fraction of sp³-hybridized carbons (Fsp3) is 0. The first-order valence-corrected chi connectivity index (χ1v) is 5.81.